The largest absolute Gasteiger partial charge is 0.455 e. The maximum atomic E-state index is 12.0. The molecular formula is C13H15N2O6S2+. The number of hydrogen-bond donors (Lipinski definition) is 3. The van der Waals surface area contributed by atoms with Gasteiger partial charge in [-0.2, -0.15) is 0 Å². The summed E-state index contributed by atoms with van der Waals surface area (Å²) in [5.74, 6) is 0. The third kappa shape index (κ3) is 3.21. The van der Waals surface area contributed by atoms with E-state index in [0.717, 1.165) is 12.1 Å². The smallest absolute Gasteiger partial charge is 0.399 e. The summed E-state index contributed by atoms with van der Waals surface area (Å²) in [7, 11) is -10.6. The van der Waals surface area contributed by atoms with Crippen LogP contribution < -0.4 is 9.03 Å². The molecule has 124 valence electrons. The number of nitrogens with zero attached hydrogens (tertiary/aromatic N) is 1. The summed E-state index contributed by atoms with van der Waals surface area (Å²) in [5.41, 5.74) is 5.51. The van der Waals surface area contributed by atoms with Gasteiger partial charge in [-0.25, -0.2) is 9.11 Å². The molecule has 0 heterocycles. The van der Waals surface area contributed by atoms with Crippen molar-refractivity contribution in [3.8, 4) is 0 Å². The molecular weight excluding hydrogens is 344 g/mol. The normalized spacial score (nSPS) is 13.0. The van der Waals surface area contributed by atoms with E-state index in [2.05, 4.69) is 0 Å². The molecule has 0 unspecified atom stereocenters. The van der Waals surface area contributed by atoms with Crippen LogP contribution in [0.1, 0.15) is 5.56 Å². The lowest BCUT2D eigenvalue weighted by molar-refractivity contribution is 0.377. The second kappa shape index (κ2) is 5.91. The van der Waals surface area contributed by atoms with E-state index in [-0.39, 0.29) is 11.3 Å². The summed E-state index contributed by atoms with van der Waals surface area (Å²) in [6.45, 7) is -0.734. The van der Waals surface area contributed by atoms with Gasteiger partial charge in [-0.05, 0) is 9.36 Å². The van der Waals surface area contributed by atoms with Crippen molar-refractivity contribution >= 4 is 32.0 Å². The Bertz CT molecular complexity index is 878. The summed E-state index contributed by atoms with van der Waals surface area (Å²) in [6, 6.07) is 12.7. The van der Waals surface area contributed by atoms with Crippen LogP contribution in [0.25, 0.3) is 0 Å². The van der Waals surface area contributed by atoms with Crippen LogP contribution in [0.15, 0.2) is 54.6 Å². The highest BCUT2D eigenvalue weighted by Crippen LogP contribution is 2.34. The summed E-state index contributed by atoms with van der Waals surface area (Å²) >= 11 is 0. The summed E-state index contributed by atoms with van der Waals surface area (Å²) < 4.78 is 65.0. The van der Waals surface area contributed by atoms with E-state index < -0.39 is 36.1 Å². The van der Waals surface area contributed by atoms with Gasteiger partial charge in [0.2, 0.25) is 0 Å². The molecule has 0 bridgehead atoms. The lowest BCUT2D eigenvalue weighted by Crippen LogP contribution is -2.56. The summed E-state index contributed by atoms with van der Waals surface area (Å²) in [4.78, 5) is 0. The zero-order chi connectivity index (χ0) is 17.3. The first-order chi connectivity index (χ1) is 10.6. The second-order valence-electron chi connectivity index (χ2n) is 4.81. The molecule has 23 heavy (non-hydrogen) atoms. The van der Waals surface area contributed by atoms with Gasteiger partial charge in [0.25, 0.3) is 0 Å². The number of quaternary nitrogens is 1. The van der Waals surface area contributed by atoms with E-state index in [9.17, 15) is 25.9 Å². The van der Waals surface area contributed by atoms with Crippen LogP contribution in [0.4, 0.5) is 11.4 Å². The average molecular weight is 359 g/mol. The highest BCUT2D eigenvalue weighted by molar-refractivity contribution is 8.01. The average Bonchev–Trinajstić information content (AvgIpc) is 2.43. The second-order valence-corrected chi connectivity index (χ2v) is 8.08. The van der Waals surface area contributed by atoms with Gasteiger partial charge in [0.05, 0.1) is 0 Å². The first-order valence-corrected chi connectivity index (χ1v) is 9.11. The Morgan fingerprint density at radius 2 is 1.43 bits per heavy atom. The molecule has 2 rings (SSSR count). The Hall–Kier alpha value is -1.98. The molecule has 8 nitrogen and oxygen atoms in total. The van der Waals surface area contributed by atoms with Crippen LogP contribution in [0.5, 0.6) is 0 Å². The minimum absolute atomic E-state index is 0.0744. The van der Waals surface area contributed by atoms with Crippen molar-refractivity contribution in [1.82, 2.24) is 3.29 Å². The van der Waals surface area contributed by atoms with E-state index in [4.69, 9.17) is 5.73 Å². The summed E-state index contributed by atoms with van der Waals surface area (Å²) in [5, 5.41) is 0. The van der Waals surface area contributed by atoms with Gasteiger partial charge >= 0.3 is 20.6 Å². The Morgan fingerprint density at radius 3 is 1.91 bits per heavy atom. The predicted molar refractivity (Wildman–Crippen MR) is 85.9 cm³/mol. The van der Waals surface area contributed by atoms with Crippen LogP contribution in [0.2, 0.25) is 0 Å². The van der Waals surface area contributed by atoms with Gasteiger partial charge in [-0.3, -0.25) is 0 Å². The van der Waals surface area contributed by atoms with Crippen LogP contribution in [0, 0.1) is 0 Å². The van der Waals surface area contributed by atoms with Crippen molar-refractivity contribution in [1.29, 1.82) is 0 Å². The zero-order valence-corrected chi connectivity index (χ0v) is 13.4. The topological polar surface area (TPSA) is 135 Å². The fourth-order valence-electron chi connectivity index (χ4n) is 2.20. The maximum Gasteiger partial charge on any atom is 0.455 e. The van der Waals surface area contributed by atoms with Crippen molar-refractivity contribution in [3.63, 3.8) is 0 Å². The first kappa shape index (κ1) is 17.4. The number of nitrogen functional groups attached to an aromatic ring is 1. The molecule has 0 fully saturated rings. The third-order valence-corrected chi connectivity index (χ3v) is 6.54. The molecule has 2 aromatic rings. The van der Waals surface area contributed by atoms with Gasteiger partial charge < -0.3 is 5.73 Å². The van der Waals surface area contributed by atoms with E-state index in [1.54, 1.807) is 18.2 Å². The molecule has 0 atom stereocenters. The maximum absolute atomic E-state index is 12.0. The molecule has 0 saturated heterocycles. The van der Waals surface area contributed by atoms with Crippen molar-refractivity contribution in [2.45, 2.75) is 6.54 Å². The highest BCUT2D eigenvalue weighted by atomic mass is 32.3. The number of rotatable bonds is 5. The molecule has 0 aliphatic carbocycles. The Kier molecular flexibility index (Phi) is 4.46. The van der Waals surface area contributed by atoms with Crippen LogP contribution in [-0.4, -0.2) is 25.9 Å². The monoisotopic (exact) mass is 359 g/mol. The van der Waals surface area contributed by atoms with E-state index in [1.807, 2.05) is 0 Å². The van der Waals surface area contributed by atoms with E-state index in [1.165, 1.54) is 24.3 Å². The molecule has 0 aliphatic rings. The number of nitrogens with two attached hydrogens (primary N) is 1. The lowest BCUT2D eigenvalue weighted by Gasteiger charge is -2.29. The molecule has 0 radical (unpaired) electrons. The SMILES string of the molecule is Nc1cccc([N+](Cc2ccccc2)(S(=O)(=O)O)S(=O)(=O)O)c1. The first-order valence-electron chi connectivity index (χ1n) is 6.31. The van der Waals surface area contributed by atoms with E-state index in [0.29, 0.717) is 0 Å². The third-order valence-electron chi connectivity index (χ3n) is 3.24. The van der Waals surface area contributed by atoms with Crippen molar-refractivity contribution < 1.29 is 25.9 Å². The highest BCUT2D eigenvalue weighted by Gasteiger charge is 2.55. The van der Waals surface area contributed by atoms with Gasteiger partial charge in [0.15, 0.2) is 5.69 Å². The minimum Gasteiger partial charge on any atom is -0.399 e. The predicted octanol–water partition coefficient (Wildman–Crippen LogP) is 1.38. The fraction of sp³-hybridized carbons (Fsp3) is 0.0769. The van der Waals surface area contributed by atoms with E-state index >= 15 is 0 Å². The van der Waals surface area contributed by atoms with Crippen LogP contribution >= 0.6 is 0 Å². The van der Waals surface area contributed by atoms with Gasteiger partial charge in [0, 0.05) is 23.4 Å². The molecule has 4 N–H and O–H groups in total. The lowest BCUT2D eigenvalue weighted by atomic mass is 10.2. The Labute approximate surface area is 134 Å². The van der Waals surface area contributed by atoms with Gasteiger partial charge in [-0.15, -0.1) is 16.8 Å². The molecule has 0 spiro atoms. The standard InChI is InChI=1S/C13H14N2O6S2/c14-12-7-4-8-13(9-12)15(22(16,17)18,23(19,20)21)10-11-5-2-1-3-6-11/h1-9H,10,14H2,(H-,16,17,18,19,20,21)/p+1. The zero-order valence-electron chi connectivity index (χ0n) is 11.8. The molecule has 10 heteroatoms. The quantitative estimate of drug-likeness (QED) is 0.417. The Balaban J connectivity index is 2.82. The van der Waals surface area contributed by atoms with Gasteiger partial charge in [-0.1, -0.05) is 36.4 Å². The molecule has 0 aromatic heterocycles. The molecule has 2 aromatic carbocycles. The number of hydrogen-bond acceptors (Lipinski definition) is 5. The number of anilines is 1. The van der Waals surface area contributed by atoms with Crippen molar-refractivity contribution in [3.05, 3.63) is 60.2 Å². The fourth-order valence-corrected chi connectivity index (χ4v) is 4.54. The van der Waals surface area contributed by atoms with Crippen LogP contribution in [0.3, 0.4) is 0 Å². The van der Waals surface area contributed by atoms with Crippen molar-refractivity contribution in [2.24, 2.45) is 0 Å². The molecule has 0 aliphatic heterocycles. The minimum atomic E-state index is -5.31. The molecule has 0 amide bonds. The Morgan fingerprint density at radius 1 is 0.870 bits per heavy atom. The van der Waals surface area contributed by atoms with Gasteiger partial charge in [0.1, 0.15) is 6.54 Å². The number of benzene rings is 2. The molecule has 0 saturated carbocycles. The van der Waals surface area contributed by atoms with Crippen LogP contribution in [-0.2, 0) is 27.2 Å². The van der Waals surface area contributed by atoms with Crippen molar-refractivity contribution in [2.75, 3.05) is 5.73 Å². The summed E-state index contributed by atoms with van der Waals surface area (Å²) in [6.07, 6.45) is 0.